The molecule has 15 heavy (non-hydrogen) atoms. The van der Waals surface area contributed by atoms with Crippen LogP contribution in [0, 0.1) is 16.7 Å². The number of rotatable bonds is 7. The highest BCUT2D eigenvalue weighted by Crippen LogP contribution is 2.21. The number of nitrogens with zero attached hydrogens (tertiary/aromatic N) is 1. The first kappa shape index (κ1) is 14.3. The van der Waals surface area contributed by atoms with Crippen molar-refractivity contribution in [1.29, 1.82) is 5.26 Å². The zero-order valence-electron chi connectivity index (χ0n) is 9.19. The van der Waals surface area contributed by atoms with Crippen molar-refractivity contribution in [3.05, 3.63) is 0 Å². The van der Waals surface area contributed by atoms with E-state index in [1.165, 1.54) is 0 Å². The van der Waals surface area contributed by atoms with Gasteiger partial charge in [-0.1, -0.05) is 13.8 Å². The Bertz CT molecular complexity index is 224. The second kappa shape index (κ2) is 5.99. The van der Waals surface area contributed by atoms with E-state index < -0.39 is 19.1 Å². The van der Waals surface area contributed by atoms with Crippen molar-refractivity contribution < 1.29 is 13.9 Å². The Labute approximate surface area is 89.1 Å². The van der Waals surface area contributed by atoms with Crippen LogP contribution in [0.25, 0.3) is 0 Å². The summed E-state index contributed by atoms with van der Waals surface area (Å²) in [7, 11) is 0. The maximum Gasteiger partial charge on any atom is 0.282 e. The fourth-order valence-corrected chi connectivity index (χ4v) is 1.12. The van der Waals surface area contributed by atoms with Crippen LogP contribution in [0.15, 0.2) is 0 Å². The Kier molecular flexibility index (Phi) is 5.69. The van der Waals surface area contributed by atoms with Gasteiger partial charge in [0.2, 0.25) is 0 Å². The van der Waals surface area contributed by atoms with E-state index >= 15 is 0 Å². The van der Waals surface area contributed by atoms with Crippen molar-refractivity contribution in [2.45, 2.75) is 32.6 Å². The molecule has 0 bridgehead atoms. The number of hydrogen-bond donors (Lipinski definition) is 2. The molecule has 0 aromatic rings. The number of nitriles is 1. The lowest BCUT2D eigenvalue weighted by Gasteiger charge is -2.25. The van der Waals surface area contributed by atoms with Crippen LogP contribution >= 0.6 is 0 Å². The minimum atomic E-state index is -3.06. The van der Waals surface area contributed by atoms with Gasteiger partial charge < -0.3 is 10.4 Å². The molecule has 0 amide bonds. The summed E-state index contributed by atoms with van der Waals surface area (Å²) in [4.78, 5) is 0. The van der Waals surface area contributed by atoms with Crippen LogP contribution in [0.4, 0.5) is 8.78 Å². The molecule has 0 saturated carbocycles. The molecule has 0 aliphatic carbocycles. The summed E-state index contributed by atoms with van der Waals surface area (Å²) in [5, 5.41) is 19.3. The Balaban J connectivity index is 3.80. The number of aliphatic hydroxyl groups is 1. The number of nitrogens with one attached hydrogen (secondary N) is 1. The van der Waals surface area contributed by atoms with Crippen LogP contribution in [-0.2, 0) is 0 Å². The van der Waals surface area contributed by atoms with Gasteiger partial charge in [-0.3, -0.25) is 0 Å². The lowest BCUT2D eigenvalue weighted by Crippen LogP contribution is -2.40. The van der Waals surface area contributed by atoms with Gasteiger partial charge in [0.05, 0.1) is 12.6 Å². The summed E-state index contributed by atoms with van der Waals surface area (Å²) < 4.78 is 25.2. The van der Waals surface area contributed by atoms with Crippen LogP contribution in [0.1, 0.15) is 26.7 Å². The molecule has 0 spiro atoms. The van der Waals surface area contributed by atoms with E-state index in [1.54, 1.807) is 0 Å². The zero-order valence-corrected chi connectivity index (χ0v) is 9.19. The van der Waals surface area contributed by atoms with E-state index in [2.05, 4.69) is 5.32 Å². The van der Waals surface area contributed by atoms with E-state index in [1.807, 2.05) is 19.9 Å². The van der Waals surface area contributed by atoms with Gasteiger partial charge in [-0.25, -0.2) is 8.78 Å². The molecular weight excluding hydrogens is 202 g/mol. The van der Waals surface area contributed by atoms with Crippen molar-refractivity contribution in [3.8, 4) is 6.07 Å². The largest absolute Gasteiger partial charge is 0.390 e. The van der Waals surface area contributed by atoms with Gasteiger partial charge in [-0.15, -0.1) is 0 Å². The highest BCUT2D eigenvalue weighted by Gasteiger charge is 2.28. The Morgan fingerprint density at radius 1 is 1.33 bits per heavy atom. The molecule has 0 rings (SSSR count). The number of hydrogen-bond acceptors (Lipinski definition) is 3. The van der Waals surface area contributed by atoms with Gasteiger partial charge >= 0.3 is 0 Å². The summed E-state index contributed by atoms with van der Waals surface area (Å²) in [5.41, 5.74) is -0.179. The molecule has 0 unspecified atom stereocenters. The highest BCUT2D eigenvalue weighted by molar-refractivity contribution is 4.80. The maximum atomic E-state index is 12.6. The van der Waals surface area contributed by atoms with Crippen LogP contribution in [0.2, 0.25) is 0 Å². The third-order valence-corrected chi connectivity index (χ3v) is 2.13. The van der Waals surface area contributed by atoms with Crippen molar-refractivity contribution in [2.24, 2.45) is 5.41 Å². The molecule has 0 heterocycles. The fraction of sp³-hybridized carbons (Fsp3) is 0.900. The Hall–Kier alpha value is -0.730. The summed E-state index contributed by atoms with van der Waals surface area (Å²) in [6.07, 6.45) is 1.09. The lowest BCUT2D eigenvalue weighted by molar-refractivity contribution is -0.0487. The summed E-state index contributed by atoms with van der Waals surface area (Å²) in [6, 6.07) is 2.03. The summed E-state index contributed by atoms with van der Waals surface area (Å²) in [6.45, 7) is 2.56. The van der Waals surface area contributed by atoms with Crippen molar-refractivity contribution in [1.82, 2.24) is 5.32 Å². The second-order valence-corrected chi connectivity index (χ2v) is 4.44. The van der Waals surface area contributed by atoms with E-state index in [9.17, 15) is 8.78 Å². The number of halogens is 2. The van der Waals surface area contributed by atoms with E-state index in [0.717, 1.165) is 0 Å². The minimum absolute atomic E-state index is 0.179. The second-order valence-electron chi connectivity index (χ2n) is 4.44. The van der Waals surface area contributed by atoms with Gasteiger partial charge in [0.25, 0.3) is 5.92 Å². The normalized spacial score (nSPS) is 12.5. The first-order valence-corrected chi connectivity index (χ1v) is 4.89. The standard InChI is InChI=1S/C10H18F2N2O/c1-9(2,4-3-5-13)6-14-7-10(11,12)8-15/h14-15H,3-4,6-8H2,1-2H3. The fourth-order valence-electron chi connectivity index (χ4n) is 1.12. The van der Waals surface area contributed by atoms with Gasteiger partial charge in [-0.05, 0) is 11.8 Å². The van der Waals surface area contributed by atoms with Crippen LogP contribution in [0.5, 0.6) is 0 Å². The predicted octanol–water partition coefficient (Wildman–Crippen LogP) is 1.53. The topological polar surface area (TPSA) is 56.0 Å². The molecule has 0 radical (unpaired) electrons. The van der Waals surface area contributed by atoms with Crippen LogP contribution < -0.4 is 5.32 Å². The first-order chi connectivity index (χ1) is 6.83. The maximum absolute atomic E-state index is 12.6. The third kappa shape index (κ3) is 7.23. The van der Waals surface area contributed by atoms with Gasteiger partial charge in [0, 0.05) is 13.0 Å². The molecule has 2 N–H and O–H groups in total. The van der Waals surface area contributed by atoms with Gasteiger partial charge in [0.1, 0.15) is 6.61 Å². The van der Waals surface area contributed by atoms with E-state index in [-0.39, 0.29) is 5.41 Å². The third-order valence-electron chi connectivity index (χ3n) is 2.13. The number of aliphatic hydroxyl groups excluding tert-OH is 1. The monoisotopic (exact) mass is 220 g/mol. The SMILES string of the molecule is CC(C)(CCC#N)CNCC(F)(F)CO. The van der Waals surface area contributed by atoms with Crippen LogP contribution in [-0.4, -0.2) is 30.7 Å². The van der Waals surface area contributed by atoms with E-state index in [4.69, 9.17) is 10.4 Å². The van der Waals surface area contributed by atoms with Gasteiger partial charge in [-0.2, -0.15) is 5.26 Å². The molecule has 0 saturated heterocycles. The predicted molar refractivity (Wildman–Crippen MR) is 53.5 cm³/mol. The lowest BCUT2D eigenvalue weighted by atomic mass is 9.88. The molecule has 0 aliphatic heterocycles. The Morgan fingerprint density at radius 3 is 2.40 bits per heavy atom. The summed E-state index contributed by atoms with van der Waals surface area (Å²) in [5.74, 6) is -3.06. The van der Waals surface area contributed by atoms with Crippen LogP contribution in [0.3, 0.4) is 0 Å². The molecule has 0 aromatic heterocycles. The molecule has 0 aliphatic rings. The van der Waals surface area contributed by atoms with Crippen molar-refractivity contribution in [2.75, 3.05) is 19.7 Å². The average Bonchev–Trinajstić information content (AvgIpc) is 2.14. The molecule has 5 heteroatoms. The molecular formula is C10H18F2N2O. The van der Waals surface area contributed by atoms with Crippen molar-refractivity contribution in [3.63, 3.8) is 0 Å². The van der Waals surface area contributed by atoms with Crippen molar-refractivity contribution >= 4 is 0 Å². The molecule has 88 valence electrons. The Morgan fingerprint density at radius 2 is 1.93 bits per heavy atom. The van der Waals surface area contributed by atoms with Gasteiger partial charge in [0.15, 0.2) is 0 Å². The molecule has 0 atom stereocenters. The highest BCUT2D eigenvalue weighted by atomic mass is 19.3. The number of alkyl halides is 2. The van der Waals surface area contributed by atoms with E-state index in [0.29, 0.717) is 19.4 Å². The summed E-state index contributed by atoms with van der Waals surface area (Å²) >= 11 is 0. The minimum Gasteiger partial charge on any atom is -0.390 e. The quantitative estimate of drug-likeness (QED) is 0.684. The smallest absolute Gasteiger partial charge is 0.282 e. The molecule has 0 fully saturated rings. The molecule has 3 nitrogen and oxygen atoms in total. The molecule has 0 aromatic carbocycles. The zero-order chi connectivity index (χ0) is 11.9. The average molecular weight is 220 g/mol. The first-order valence-electron chi connectivity index (χ1n) is 4.89.